The van der Waals surface area contributed by atoms with Gasteiger partial charge in [0.1, 0.15) is 5.65 Å². The number of carbonyl (C=O) groups is 1. The summed E-state index contributed by atoms with van der Waals surface area (Å²) < 4.78 is 28.0. The molecule has 6 heteroatoms. The molecule has 0 spiro atoms. The minimum atomic E-state index is -2.57. The number of carbonyl (C=O) groups excluding carboxylic acids is 1. The Labute approximate surface area is 134 Å². The largest absolute Gasteiger partial charge is 0.343 e. The van der Waals surface area contributed by atoms with Gasteiger partial charge in [0, 0.05) is 37.6 Å². The molecule has 0 aliphatic carbocycles. The molecule has 23 heavy (non-hydrogen) atoms. The van der Waals surface area contributed by atoms with Crippen molar-refractivity contribution in [2.24, 2.45) is 0 Å². The van der Waals surface area contributed by atoms with Crippen molar-refractivity contribution >= 4 is 16.9 Å². The first-order valence-corrected chi connectivity index (χ1v) is 8.17. The summed E-state index contributed by atoms with van der Waals surface area (Å²) in [7, 11) is 0. The molecule has 3 heterocycles. The lowest BCUT2D eigenvalue weighted by atomic mass is 10.2. The number of halogens is 2. The van der Waals surface area contributed by atoms with Crippen molar-refractivity contribution in [1.82, 2.24) is 14.5 Å². The number of rotatable bonds is 4. The Morgan fingerprint density at radius 3 is 2.65 bits per heavy atom. The molecule has 0 N–H and O–H groups in total. The van der Waals surface area contributed by atoms with Crippen molar-refractivity contribution in [2.45, 2.75) is 45.1 Å². The zero-order valence-corrected chi connectivity index (χ0v) is 13.0. The molecule has 0 unspecified atom stereocenters. The number of pyridine rings is 1. The summed E-state index contributed by atoms with van der Waals surface area (Å²) in [5.41, 5.74) is 0.453. The maximum absolute atomic E-state index is 13.3. The van der Waals surface area contributed by atoms with Crippen LogP contribution in [0.25, 0.3) is 11.0 Å². The highest BCUT2D eigenvalue weighted by atomic mass is 19.3. The molecule has 0 saturated carbocycles. The van der Waals surface area contributed by atoms with Crippen LogP contribution >= 0.6 is 0 Å². The molecule has 0 bridgehead atoms. The van der Waals surface area contributed by atoms with Crippen LogP contribution in [-0.4, -0.2) is 33.4 Å². The van der Waals surface area contributed by atoms with Crippen LogP contribution < -0.4 is 0 Å². The second kappa shape index (κ2) is 7.06. The summed E-state index contributed by atoms with van der Waals surface area (Å²) in [5.74, 6) is 0.0462. The van der Waals surface area contributed by atoms with E-state index in [-0.39, 0.29) is 24.6 Å². The second-order valence-electron chi connectivity index (χ2n) is 5.98. The zero-order valence-electron chi connectivity index (χ0n) is 13.0. The molecule has 124 valence electrons. The Kier molecular flexibility index (Phi) is 4.88. The van der Waals surface area contributed by atoms with Crippen LogP contribution in [0.15, 0.2) is 24.4 Å². The zero-order chi connectivity index (χ0) is 16.2. The molecule has 3 rings (SSSR count). The molecular formula is C17H21F2N3O. The summed E-state index contributed by atoms with van der Waals surface area (Å²) in [6.45, 7) is 1.81. The number of alkyl halides is 2. The van der Waals surface area contributed by atoms with Crippen molar-refractivity contribution in [3.05, 3.63) is 30.1 Å². The summed E-state index contributed by atoms with van der Waals surface area (Å²) in [6.07, 6.45) is 3.63. The standard InChI is InChI=1S/C17H21F2N3O/c18-16(19)14-12-13-6-5-8-20-17(13)22(14)11-7-15(23)21-9-3-1-2-4-10-21/h5-6,8,12,16H,1-4,7,9-11H2. The summed E-state index contributed by atoms with van der Waals surface area (Å²) >= 11 is 0. The van der Waals surface area contributed by atoms with Gasteiger partial charge < -0.3 is 9.47 Å². The van der Waals surface area contributed by atoms with Gasteiger partial charge in [-0.2, -0.15) is 0 Å². The Balaban J connectivity index is 1.75. The molecule has 1 aliphatic rings. The van der Waals surface area contributed by atoms with Crippen LogP contribution in [0.2, 0.25) is 0 Å². The first-order chi connectivity index (χ1) is 11.2. The fourth-order valence-corrected chi connectivity index (χ4v) is 3.21. The van der Waals surface area contributed by atoms with Crippen molar-refractivity contribution in [3.63, 3.8) is 0 Å². The number of hydrogen-bond donors (Lipinski definition) is 0. The lowest BCUT2D eigenvalue weighted by Gasteiger charge is -2.20. The fourth-order valence-electron chi connectivity index (χ4n) is 3.21. The quantitative estimate of drug-likeness (QED) is 0.860. The van der Waals surface area contributed by atoms with Gasteiger partial charge in [0.05, 0.1) is 5.69 Å². The highest BCUT2D eigenvalue weighted by Crippen LogP contribution is 2.26. The van der Waals surface area contributed by atoms with Crippen LogP contribution in [-0.2, 0) is 11.3 Å². The third-order valence-corrected chi connectivity index (χ3v) is 4.42. The minimum absolute atomic E-state index is 0.0462. The molecule has 0 aromatic carbocycles. The summed E-state index contributed by atoms with van der Waals surface area (Å²) in [6, 6.07) is 4.95. The predicted molar refractivity (Wildman–Crippen MR) is 84.4 cm³/mol. The van der Waals surface area contributed by atoms with Crippen LogP contribution in [0, 0.1) is 0 Å². The van der Waals surface area contributed by atoms with Gasteiger partial charge in [-0.15, -0.1) is 0 Å². The van der Waals surface area contributed by atoms with Crippen LogP contribution in [0.4, 0.5) is 8.78 Å². The van der Waals surface area contributed by atoms with E-state index < -0.39 is 6.43 Å². The average Bonchev–Trinajstić information content (AvgIpc) is 2.72. The highest BCUT2D eigenvalue weighted by Gasteiger charge is 2.20. The highest BCUT2D eigenvalue weighted by molar-refractivity contribution is 5.79. The number of hydrogen-bond acceptors (Lipinski definition) is 2. The van der Waals surface area contributed by atoms with E-state index in [2.05, 4.69) is 4.98 Å². The topological polar surface area (TPSA) is 38.1 Å². The van der Waals surface area contributed by atoms with Gasteiger partial charge in [-0.3, -0.25) is 4.79 Å². The molecule has 1 saturated heterocycles. The molecule has 1 aliphatic heterocycles. The number of fused-ring (bicyclic) bond motifs is 1. The molecular weight excluding hydrogens is 300 g/mol. The van der Waals surface area contributed by atoms with Gasteiger partial charge in [0.2, 0.25) is 5.91 Å². The van der Waals surface area contributed by atoms with E-state index in [4.69, 9.17) is 0 Å². The smallest absolute Gasteiger partial charge is 0.278 e. The van der Waals surface area contributed by atoms with E-state index in [1.165, 1.54) is 10.6 Å². The average molecular weight is 321 g/mol. The van der Waals surface area contributed by atoms with E-state index in [1.54, 1.807) is 18.3 Å². The maximum atomic E-state index is 13.3. The Morgan fingerprint density at radius 2 is 1.96 bits per heavy atom. The molecule has 0 atom stereocenters. The van der Waals surface area contributed by atoms with E-state index in [1.807, 2.05) is 4.90 Å². The molecule has 1 amide bonds. The number of likely N-dealkylation sites (tertiary alicyclic amines) is 1. The Bertz CT molecular complexity index is 676. The SMILES string of the molecule is O=C(CCn1c(C(F)F)cc2cccnc21)N1CCCCCC1. The first-order valence-electron chi connectivity index (χ1n) is 8.17. The Hall–Kier alpha value is -1.98. The summed E-state index contributed by atoms with van der Waals surface area (Å²) in [4.78, 5) is 18.4. The lowest BCUT2D eigenvalue weighted by Crippen LogP contribution is -2.32. The predicted octanol–water partition coefficient (Wildman–Crippen LogP) is 3.77. The fraction of sp³-hybridized carbons (Fsp3) is 0.529. The molecule has 4 nitrogen and oxygen atoms in total. The molecule has 2 aromatic heterocycles. The van der Waals surface area contributed by atoms with E-state index >= 15 is 0 Å². The number of aryl methyl sites for hydroxylation is 1. The minimum Gasteiger partial charge on any atom is -0.343 e. The second-order valence-corrected chi connectivity index (χ2v) is 5.98. The number of amides is 1. The van der Waals surface area contributed by atoms with Gasteiger partial charge >= 0.3 is 0 Å². The number of nitrogens with zero attached hydrogens (tertiary/aromatic N) is 3. The first kappa shape index (κ1) is 15.9. The van der Waals surface area contributed by atoms with Crippen LogP contribution in [0.5, 0.6) is 0 Å². The monoisotopic (exact) mass is 321 g/mol. The molecule has 2 aromatic rings. The molecule has 1 fully saturated rings. The van der Waals surface area contributed by atoms with Crippen molar-refractivity contribution in [1.29, 1.82) is 0 Å². The normalized spacial score (nSPS) is 16.0. The third kappa shape index (κ3) is 3.51. The maximum Gasteiger partial charge on any atom is 0.278 e. The lowest BCUT2D eigenvalue weighted by molar-refractivity contribution is -0.131. The van der Waals surface area contributed by atoms with E-state index in [0.717, 1.165) is 38.8 Å². The third-order valence-electron chi connectivity index (χ3n) is 4.42. The van der Waals surface area contributed by atoms with E-state index in [9.17, 15) is 13.6 Å². The van der Waals surface area contributed by atoms with Crippen LogP contribution in [0.1, 0.15) is 44.2 Å². The van der Waals surface area contributed by atoms with Crippen LogP contribution in [0.3, 0.4) is 0 Å². The van der Waals surface area contributed by atoms with Crippen molar-refractivity contribution in [2.75, 3.05) is 13.1 Å². The van der Waals surface area contributed by atoms with Gasteiger partial charge in [0.15, 0.2) is 0 Å². The van der Waals surface area contributed by atoms with Gasteiger partial charge in [-0.25, -0.2) is 13.8 Å². The van der Waals surface area contributed by atoms with E-state index in [0.29, 0.717) is 11.0 Å². The Morgan fingerprint density at radius 1 is 1.22 bits per heavy atom. The van der Waals surface area contributed by atoms with Gasteiger partial charge in [0.25, 0.3) is 6.43 Å². The number of aromatic nitrogens is 2. The van der Waals surface area contributed by atoms with Gasteiger partial charge in [-0.05, 0) is 31.0 Å². The molecule has 0 radical (unpaired) electrons. The van der Waals surface area contributed by atoms with Crippen molar-refractivity contribution in [3.8, 4) is 0 Å². The summed E-state index contributed by atoms with van der Waals surface area (Å²) in [5, 5.41) is 0.685. The van der Waals surface area contributed by atoms with Gasteiger partial charge in [-0.1, -0.05) is 12.8 Å². The van der Waals surface area contributed by atoms with Crippen molar-refractivity contribution < 1.29 is 13.6 Å².